The highest BCUT2D eigenvalue weighted by Gasteiger charge is 2.21. The molecule has 0 saturated heterocycles. The van der Waals surface area contributed by atoms with Crippen LogP contribution < -0.4 is 11.5 Å². The zero-order chi connectivity index (χ0) is 13.1. The van der Waals surface area contributed by atoms with Crippen LogP contribution in [0.5, 0.6) is 0 Å². The number of nitrogens with zero attached hydrogens (tertiary/aromatic N) is 1. The molecule has 0 aromatic heterocycles. The normalized spacial score (nSPS) is 17.8. The second-order valence-corrected chi connectivity index (χ2v) is 5.14. The summed E-state index contributed by atoms with van der Waals surface area (Å²) >= 11 is 6.03. The van der Waals surface area contributed by atoms with Gasteiger partial charge in [0.2, 0.25) is 0 Å². The van der Waals surface area contributed by atoms with E-state index in [4.69, 9.17) is 23.1 Å². The fourth-order valence-corrected chi connectivity index (χ4v) is 2.55. The van der Waals surface area contributed by atoms with E-state index in [1.807, 2.05) is 12.1 Å². The number of halogens is 1. The molecule has 0 saturated carbocycles. The van der Waals surface area contributed by atoms with Gasteiger partial charge in [-0.25, -0.2) is 0 Å². The summed E-state index contributed by atoms with van der Waals surface area (Å²) in [6.07, 6.45) is 3.37. The molecule has 2 rings (SSSR count). The van der Waals surface area contributed by atoms with Gasteiger partial charge in [-0.3, -0.25) is 4.90 Å². The molecule has 4 N–H and O–H groups in total. The average molecular weight is 266 g/mol. The summed E-state index contributed by atoms with van der Waals surface area (Å²) in [7, 11) is 0. The van der Waals surface area contributed by atoms with E-state index in [-0.39, 0.29) is 6.04 Å². The molecule has 0 bridgehead atoms. The predicted octanol–water partition coefficient (Wildman–Crippen LogP) is 2.57. The molecular weight excluding hydrogens is 246 g/mol. The van der Waals surface area contributed by atoms with Crippen molar-refractivity contribution in [3.05, 3.63) is 40.4 Å². The number of rotatable bonds is 4. The third-order valence-electron chi connectivity index (χ3n) is 3.38. The van der Waals surface area contributed by atoms with Crippen LogP contribution in [0.4, 0.5) is 5.69 Å². The Morgan fingerprint density at radius 3 is 2.94 bits per heavy atom. The summed E-state index contributed by atoms with van der Waals surface area (Å²) in [5.74, 6) is 0. The first-order valence-corrected chi connectivity index (χ1v) is 6.72. The Bertz CT molecular complexity index is 456. The Morgan fingerprint density at radius 1 is 1.44 bits per heavy atom. The zero-order valence-electron chi connectivity index (χ0n) is 10.7. The van der Waals surface area contributed by atoms with Gasteiger partial charge in [0, 0.05) is 13.1 Å². The van der Waals surface area contributed by atoms with Gasteiger partial charge in [0.25, 0.3) is 0 Å². The molecule has 0 amide bonds. The molecule has 18 heavy (non-hydrogen) atoms. The Hall–Kier alpha value is -1.03. The smallest absolute Gasteiger partial charge is 0.0639 e. The van der Waals surface area contributed by atoms with E-state index in [1.54, 1.807) is 6.07 Å². The molecule has 1 aliphatic rings. The number of para-hydroxylation sites is 1. The molecule has 3 nitrogen and oxygen atoms in total. The summed E-state index contributed by atoms with van der Waals surface area (Å²) in [5, 5.41) is 0.576. The molecule has 1 atom stereocenters. The molecule has 4 heteroatoms. The molecule has 1 aromatic carbocycles. The topological polar surface area (TPSA) is 55.3 Å². The Labute approximate surface area is 113 Å². The van der Waals surface area contributed by atoms with E-state index < -0.39 is 0 Å². The summed E-state index contributed by atoms with van der Waals surface area (Å²) in [6.45, 7) is 5.21. The summed E-state index contributed by atoms with van der Waals surface area (Å²) in [4.78, 5) is 2.38. The molecule has 98 valence electrons. The lowest BCUT2D eigenvalue weighted by molar-refractivity contribution is 0.345. The van der Waals surface area contributed by atoms with Crippen LogP contribution in [0.25, 0.3) is 0 Å². The van der Waals surface area contributed by atoms with Crippen molar-refractivity contribution in [3.8, 4) is 0 Å². The molecular formula is C14H20ClN3. The standard InChI is InChI=1S/C14H20ClN3/c1-2-7-18-8-6-10(9-18)13(16)11-4-3-5-12(15)14(11)17/h3-6,13H,2,7-9,16-17H2,1H3. The summed E-state index contributed by atoms with van der Waals surface area (Å²) < 4.78 is 0. The molecule has 1 aliphatic heterocycles. The first-order chi connectivity index (χ1) is 8.63. The molecule has 0 aliphatic carbocycles. The number of hydrogen-bond donors (Lipinski definition) is 2. The van der Waals surface area contributed by atoms with Crippen LogP contribution in [-0.4, -0.2) is 24.5 Å². The Morgan fingerprint density at radius 2 is 2.22 bits per heavy atom. The molecule has 0 radical (unpaired) electrons. The largest absolute Gasteiger partial charge is 0.397 e. The monoisotopic (exact) mass is 265 g/mol. The van der Waals surface area contributed by atoms with Crippen molar-refractivity contribution in [2.75, 3.05) is 25.4 Å². The van der Waals surface area contributed by atoms with E-state index in [2.05, 4.69) is 17.9 Å². The van der Waals surface area contributed by atoms with Crippen molar-refractivity contribution in [2.24, 2.45) is 5.73 Å². The SMILES string of the molecule is CCCN1CC=C(C(N)c2cccc(Cl)c2N)C1. The highest BCUT2D eigenvalue weighted by molar-refractivity contribution is 6.33. The van der Waals surface area contributed by atoms with Crippen molar-refractivity contribution in [1.82, 2.24) is 4.90 Å². The minimum absolute atomic E-state index is 0.148. The van der Waals surface area contributed by atoms with Gasteiger partial charge < -0.3 is 11.5 Å². The van der Waals surface area contributed by atoms with Crippen molar-refractivity contribution in [3.63, 3.8) is 0 Å². The lowest BCUT2D eigenvalue weighted by Crippen LogP contribution is -2.24. The minimum atomic E-state index is -0.148. The second kappa shape index (κ2) is 5.74. The second-order valence-electron chi connectivity index (χ2n) is 4.73. The van der Waals surface area contributed by atoms with Crippen LogP contribution in [0.2, 0.25) is 5.02 Å². The third kappa shape index (κ3) is 2.69. The van der Waals surface area contributed by atoms with Crippen molar-refractivity contribution < 1.29 is 0 Å². The van der Waals surface area contributed by atoms with Crippen LogP contribution >= 0.6 is 11.6 Å². The molecule has 0 spiro atoms. The lowest BCUT2D eigenvalue weighted by Gasteiger charge is -2.19. The van der Waals surface area contributed by atoms with Crippen molar-refractivity contribution in [1.29, 1.82) is 0 Å². The van der Waals surface area contributed by atoms with E-state index in [0.29, 0.717) is 10.7 Å². The van der Waals surface area contributed by atoms with Crippen LogP contribution in [-0.2, 0) is 0 Å². The maximum Gasteiger partial charge on any atom is 0.0639 e. The average Bonchev–Trinajstić information content (AvgIpc) is 2.81. The van der Waals surface area contributed by atoms with Crippen LogP contribution in [0.3, 0.4) is 0 Å². The fraction of sp³-hybridized carbons (Fsp3) is 0.429. The van der Waals surface area contributed by atoms with Gasteiger partial charge >= 0.3 is 0 Å². The van der Waals surface area contributed by atoms with Gasteiger partial charge in [-0.15, -0.1) is 0 Å². The first kappa shape index (κ1) is 13.4. The fourth-order valence-electron chi connectivity index (χ4n) is 2.37. The van der Waals surface area contributed by atoms with Gasteiger partial charge in [0.05, 0.1) is 16.8 Å². The summed E-state index contributed by atoms with van der Waals surface area (Å²) in [5.41, 5.74) is 15.0. The van der Waals surface area contributed by atoms with E-state index >= 15 is 0 Å². The van der Waals surface area contributed by atoms with Gasteiger partial charge in [-0.05, 0) is 30.2 Å². The van der Waals surface area contributed by atoms with E-state index in [9.17, 15) is 0 Å². The number of anilines is 1. The minimum Gasteiger partial charge on any atom is -0.397 e. The number of nitrogens with two attached hydrogens (primary N) is 2. The van der Waals surface area contributed by atoms with Crippen LogP contribution in [0.15, 0.2) is 29.8 Å². The molecule has 1 heterocycles. The van der Waals surface area contributed by atoms with E-state index in [1.165, 1.54) is 5.57 Å². The number of hydrogen-bond acceptors (Lipinski definition) is 3. The summed E-state index contributed by atoms with van der Waals surface area (Å²) in [6, 6.07) is 5.49. The van der Waals surface area contributed by atoms with Gasteiger partial charge in [-0.1, -0.05) is 36.7 Å². The number of nitrogen functional groups attached to an aromatic ring is 1. The molecule has 0 fully saturated rings. The third-order valence-corrected chi connectivity index (χ3v) is 3.71. The van der Waals surface area contributed by atoms with Crippen molar-refractivity contribution >= 4 is 17.3 Å². The molecule has 1 aromatic rings. The maximum atomic E-state index is 6.29. The van der Waals surface area contributed by atoms with Gasteiger partial charge in [0.1, 0.15) is 0 Å². The van der Waals surface area contributed by atoms with E-state index in [0.717, 1.165) is 31.6 Å². The molecule has 1 unspecified atom stereocenters. The highest BCUT2D eigenvalue weighted by atomic mass is 35.5. The number of benzene rings is 1. The lowest BCUT2D eigenvalue weighted by atomic mass is 9.98. The van der Waals surface area contributed by atoms with Crippen molar-refractivity contribution in [2.45, 2.75) is 19.4 Å². The zero-order valence-corrected chi connectivity index (χ0v) is 11.5. The predicted molar refractivity (Wildman–Crippen MR) is 77.6 cm³/mol. The highest BCUT2D eigenvalue weighted by Crippen LogP contribution is 2.31. The first-order valence-electron chi connectivity index (χ1n) is 6.34. The Kier molecular flexibility index (Phi) is 4.27. The Balaban J connectivity index is 2.13. The van der Waals surface area contributed by atoms with Gasteiger partial charge in [-0.2, -0.15) is 0 Å². The van der Waals surface area contributed by atoms with Gasteiger partial charge in [0.15, 0.2) is 0 Å². The van der Waals surface area contributed by atoms with Crippen LogP contribution in [0.1, 0.15) is 24.9 Å². The quantitative estimate of drug-likeness (QED) is 0.650. The maximum absolute atomic E-state index is 6.29. The van der Waals surface area contributed by atoms with Crippen LogP contribution in [0, 0.1) is 0 Å².